The van der Waals surface area contributed by atoms with E-state index in [1.165, 1.54) is 37.1 Å². The molecule has 0 saturated carbocycles. The summed E-state index contributed by atoms with van der Waals surface area (Å²) in [5, 5.41) is 6.42. The third-order valence-electron chi connectivity index (χ3n) is 6.09. The van der Waals surface area contributed by atoms with Crippen molar-refractivity contribution in [1.29, 1.82) is 0 Å². The van der Waals surface area contributed by atoms with E-state index in [-0.39, 0.29) is 12.1 Å². The predicted octanol–water partition coefficient (Wildman–Crippen LogP) is 3.98. The lowest BCUT2D eigenvalue weighted by Crippen LogP contribution is -2.60. The number of carbonyl (C=O) groups is 1. The van der Waals surface area contributed by atoms with Crippen LogP contribution in [0, 0.1) is 5.92 Å². The average molecular weight is 364 g/mol. The zero-order valence-electron chi connectivity index (χ0n) is 16.2. The van der Waals surface area contributed by atoms with E-state index in [4.69, 9.17) is 0 Å². The summed E-state index contributed by atoms with van der Waals surface area (Å²) in [5.74, 6) is 0.630. The molecular formula is C23H29N3O. The van der Waals surface area contributed by atoms with Gasteiger partial charge >= 0.3 is 6.03 Å². The fourth-order valence-electron chi connectivity index (χ4n) is 4.41. The molecule has 0 aromatic heterocycles. The van der Waals surface area contributed by atoms with Crippen LogP contribution < -0.4 is 10.6 Å². The van der Waals surface area contributed by atoms with E-state index in [1.807, 2.05) is 18.2 Å². The Bertz CT molecular complexity index is 794. The minimum Gasteiger partial charge on any atom is -0.334 e. The molecule has 3 aliphatic heterocycles. The minimum atomic E-state index is -0.442. The van der Waals surface area contributed by atoms with Crippen LogP contribution in [0.25, 0.3) is 11.1 Å². The number of hydrogen-bond donors (Lipinski definition) is 2. The van der Waals surface area contributed by atoms with Crippen molar-refractivity contribution in [2.75, 3.05) is 19.6 Å². The number of hydrogen-bond acceptors (Lipinski definition) is 2. The fraction of sp³-hybridized carbons (Fsp3) is 0.435. The molecule has 3 heterocycles. The molecule has 4 nitrogen and oxygen atoms in total. The third kappa shape index (κ3) is 4.01. The van der Waals surface area contributed by atoms with Gasteiger partial charge < -0.3 is 15.5 Å². The lowest BCUT2D eigenvalue weighted by Gasteiger charge is -2.45. The van der Waals surface area contributed by atoms with Gasteiger partial charge in [-0.05, 0) is 68.5 Å². The molecule has 0 radical (unpaired) electrons. The molecule has 2 N–H and O–H groups in total. The maximum atomic E-state index is 12.7. The highest BCUT2D eigenvalue weighted by Crippen LogP contribution is 2.28. The molecule has 4 heteroatoms. The molecule has 1 atom stereocenters. The molecule has 27 heavy (non-hydrogen) atoms. The second kappa shape index (κ2) is 7.35. The van der Waals surface area contributed by atoms with Gasteiger partial charge in [0.1, 0.15) is 0 Å². The highest BCUT2D eigenvalue weighted by atomic mass is 16.2. The van der Waals surface area contributed by atoms with Gasteiger partial charge in [-0.3, -0.25) is 0 Å². The molecule has 2 amide bonds. The molecule has 2 bridgehead atoms. The number of rotatable bonds is 4. The van der Waals surface area contributed by atoms with Crippen LogP contribution in [0.15, 0.2) is 54.6 Å². The van der Waals surface area contributed by atoms with Crippen molar-refractivity contribution in [2.24, 2.45) is 5.92 Å². The van der Waals surface area contributed by atoms with Gasteiger partial charge in [0.05, 0.1) is 5.54 Å². The fourth-order valence-corrected chi connectivity index (χ4v) is 4.41. The molecule has 3 aliphatic rings. The number of urea groups is 1. The van der Waals surface area contributed by atoms with Gasteiger partial charge in [-0.25, -0.2) is 4.79 Å². The van der Waals surface area contributed by atoms with Crippen LogP contribution in [0.3, 0.4) is 0 Å². The first-order valence-electron chi connectivity index (χ1n) is 9.98. The summed E-state index contributed by atoms with van der Waals surface area (Å²) in [7, 11) is 0. The van der Waals surface area contributed by atoms with Crippen molar-refractivity contribution in [3.63, 3.8) is 0 Å². The quantitative estimate of drug-likeness (QED) is 0.863. The smallest absolute Gasteiger partial charge is 0.315 e. The first-order valence-corrected chi connectivity index (χ1v) is 9.98. The van der Waals surface area contributed by atoms with Crippen LogP contribution in [0.4, 0.5) is 4.79 Å². The van der Waals surface area contributed by atoms with Gasteiger partial charge in [0, 0.05) is 12.6 Å². The topological polar surface area (TPSA) is 44.4 Å². The van der Waals surface area contributed by atoms with Gasteiger partial charge in [0.15, 0.2) is 0 Å². The second-order valence-electron chi connectivity index (χ2n) is 8.41. The van der Waals surface area contributed by atoms with Crippen LogP contribution in [-0.2, 0) is 5.54 Å². The van der Waals surface area contributed by atoms with Crippen molar-refractivity contribution in [3.05, 3.63) is 60.2 Å². The Hall–Kier alpha value is -2.33. The summed E-state index contributed by atoms with van der Waals surface area (Å²) in [5.41, 5.74) is 3.02. The summed E-state index contributed by atoms with van der Waals surface area (Å²) in [4.78, 5) is 15.1. The minimum absolute atomic E-state index is 0.0659. The Kier molecular flexibility index (Phi) is 4.92. The van der Waals surface area contributed by atoms with Crippen LogP contribution in [0.2, 0.25) is 0 Å². The Labute approximate surface area is 162 Å². The average Bonchev–Trinajstić information content (AvgIpc) is 2.69. The van der Waals surface area contributed by atoms with Gasteiger partial charge in [0.2, 0.25) is 0 Å². The molecule has 2 aromatic carbocycles. The predicted molar refractivity (Wildman–Crippen MR) is 110 cm³/mol. The SMILES string of the molecule is CC(C)(NC(=O)NC1CN2CCC1CC2)c1cccc(-c2ccccc2)c1. The Balaban J connectivity index is 1.44. The van der Waals surface area contributed by atoms with Gasteiger partial charge in [-0.1, -0.05) is 48.5 Å². The largest absolute Gasteiger partial charge is 0.334 e. The summed E-state index contributed by atoms with van der Waals surface area (Å²) in [6.45, 7) is 7.48. The number of benzene rings is 2. The van der Waals surface area contributed by atoms with Crippen molar-refractivity contribution >= 4 is 6.03 Å². The first-order chi connectivity index (χ1) is 13.0. The van der Waals surface area contributed by atoms with Crippen LogP contribution in [0.5, 0.6) is 0 Å². The van der Waals surface area contributed by atoms with E-state index in [0.29, 0.717) is 5.92 Å². The van der Waals surface area contributed by atoms with E-state index in [0.717, 1.165) is 12.1 Å². The molecule has 142 valence electrons. The van der Waals surface area contributed by atoms with Crippen LogP contribution >= 0.6 is 0 Å². The second-order valence-corrected chi connectivity index (χ2v) is 8.41. The van der Waals surface area contributed by atoms with Gasteiger partial charge in [0.25, 0.3) is 0 Å². The Morgan fingerprint density at radius 2 is 1.70 bits per heavy atom. The number of amides is 2. The van der Waals surface area contributed by atoms with E-state index in [9.17, 15) is 4.79 Å². The van der Waals surface area contributed by atoms with Crippen molar-refractivity contribution < 1.29 is 4.79 Å². The monoisotopic (exact) mass is 363 g/mol. The molecule has 3 saturated heterocycles. The molecule has 2 aromatic rings. The molecule has 0 aliphatic carbocycles. The zero-order chi connectivity index (χ0) is 18.9. The maximum absolute atomic E-state index is 12.7. The number of nitrogens with one attached hydrogen (secondary N) is 2. The van der Waals surface area contributed by atoms with E-state index in [2.05, 4.69) is 65.8 Å². The first kappa shape index (κ1) is 18.1. The lowest BCUT2D eigenvalue weighted by atomic mass is 9.84. The van der Waals surface area contributed by atoms with E-state index >= 15 is 0 Å². The maximum Gasteiger partial charge on any atom is 0.315 e. The van der Waals surface area contributed by atoms with E-state index < -0.39 is 5.54 Å². The van der Waals surface area contributed by atoms with Gasteiger partial charge in [-0.15, -0.1) is 0 Å². The standard InChI is InChI=1S/C23H29N3O/c1-23(2,20-10-6-9-19(15-20)17-7-4-3-5-8-17)25-22(27)24-21-16-26-13-11-18(21)12-14-26/h3-10,15,18,21H,11-14,16H2,1-2H3,(H2,24,25,27). The zero-order valence-corrected chi connectivity index (χ0v) is 16.2. The van der Waals surface area contributed by atoms with Crippen LogP contribution in [-0.4, -0.2) is 36.6 Å². The molecule has 0 spiro atoms. The Morgan fingerprint density at radius 1 is 1.00 bits per heavy atom. The highest BCUT2D eigenvalue weighted by molar-refractivity contribution is 5.75. The van der Waals surface area contributed by atoms with Crippen molar-refractivity contribution in [1.82, 2.24) is 15.5 Å². The highest BCUT2D eigenvalue weighted by Gasteiger charge is 2.35. The molecule has 5 rings (SSSR count). The van der Waals surface area contributed by atoms with Crippen molar-refractivity contribution in [3.8, 4) is 11.1 Å². The number of fused-ring (bicyclic) bond motifs is 3. The summed E-state index contributed by atoms with van der Waals surface area (Å²) in [6.07, 6.45) is 2.40. The lowest BCUT2D eigenvalue weighted by molar-refractivity contribution is 0.0760. The van der Waals surface area contributed by atoms with Crippen LogP contribution in [0.1, 0.15) is 32.3 Å². The summed E-state index contributed by atoms with van der Waals surface area (Å²) < 4.78 is 0. The number of carbonyl (C=O) groups excluding carboxylic acids is 1. The molecular weight excluding hydrogens is 334 g/mol. The number of nitrogens with zero attached hydrogens (tertiary/aromatic N) is 1. The van der Waals surface area contributed by atoms with Gasteiger partial charge in [-0.2, -0.15) is 0 Å². The Morgan fingerprint density at radius 3 is 2.37 bits per heavy atom. The summed E-state index contributed by atoms with van der Waals surface area (Å²) in [6, 6.07) is 19.0. The molecule has 1 unspecified atom stereocenters. The molecule has 3 fully saturated rings. The van der Waals surface area contributed by atoms with Crippen molar-refractivity contribution in [2.45, 2.75) is 38.3 Å². The normalized spacial score (nSPS) is 24.4. The van der Waals surface area contributed by atoms with E-state index in [1.54, 1.807) is 0 Å². The summed E-state index contributed by atoms with van der Waals surface area (Å²) >= 11 is 0. The number of piperidine rings is 3. The third-order valence-corrected chi connectivity index (χ3v) is 6.09.